The van der Waals surface area contributed by atoms with Crippen molar-refractivity contribution in [3.05, 3.63) is 39.7 Å². The van der Waals surface area contributed by atoms with Crippen LogP contribution in [0.3, 0.4) is 0 Å². The predicted octanol–water partition coefficient (Wildman–Crippen LogP) is 5.02. The van der Waals surface area contributed by atoms with Gasteiger partial charge in [0.05, 0.1) is 10.6 Å². The smallest absolute Gasteiger partial charge is 0.257 e. The van der Waals surface area contributed by atoms with E-state index in [4.69, 9.17) is 5.73 Å². The summed E-state index contributed by atoms with van der Waals surface area (Å²) in [6.45, 7) is 5.70. The number of amides is 1. The maximum Gasteiger partial charge on any atom is 0.257 e. The molecule has 22 heavy (non-hydrogen) atoms. The molecule has 2 rings (SSSR count). The van der Waals surface area contributed by atoms with Crippen molar-refractivity contribution in [2.45, 2.75) is 26.7 Å². The van der Waals surface area contributed by atoms with E-state index in [0.717, 1.165) is 41.5 Å². The number of carbonyl (C=O) groups is 1. The minimum absolute atomic E-state index is 0.0420. The first-order valence-corrected chi connectivity index (χ1v) is 9.17. The second kappa shape index (κ2) is 7.79. The van der Waals surface area contributed by atoms with Crippen LogP contribution in [0.1, 0.15) is 37.0 Å². The summed E-state index contributed by atoms with van der Waals surface area (Å²) in [4.78, 5) is 14.8. The molecule has 0 bridgehead atoms. The first-order valence-electron chi connectivity index (χ1n) is 7.50. The Morgan fingerprint density at radius 1 is 1.18 bits per heavy atom. The lowest BCUT2D eigenvalue weighted by atomic mass is 10.0. The van der Waals surface area contributed by atoms with E-state index in [1.807, 2.05) is 34.5 Å². The number of halogens is 1. The maximum absolute atomic E-state index is 12.9. The van der Waals surface area contributed by atoms with Crippen molar-refractivity contribution in [2.24, 2.45) is 0 Å². The summed E-state index contributed by atoms with van der Waals surface area (Å²) >= 11 is 4.87. The number of thiophene rings is 1. The summed E-state index contributed by atoms with van der Waals surface area (Å²) in [5.41, 5.74) is 8.70. The zero-order valence-electron chi connectivity index (χ0n) is 12.9. The molecule has 0 radical (unpaired) electrons. The molecule has 3 nitrogen and oxygen atoms in total. The van der Waals surface area contributed by atoms with Crippen LogP contribution in [0.5, 0.6) is 0 Å². The van der Waals surface area contributed by atoms with Gasteiger partial charge in [0.15, 0.2) is 0 Å². The molecule has 0 fully saturated rings. The average molecular weight is 381 g/mol. The lowest BCUT2D eigenvalue weighted by molar-refractivity contribution is 0.0758. The Morgan fingerprint density at radius 2 is 1.77 bits per heavy atom. The van der Waals surface area contributed by atoms with Crippen LogP contribution in [-0.4, -0.2) is 23.9 Å². The van der Waals surface area contributed by atoms with Crippen LogP contribution in [0.4, 0.5) is 5.00 Å². The topological polar surface area (TPSA) is 46.3 Å². The Labute approximate surface area is 144 Å². The van der Waals surface area contributed by atoms with Crippen LogP contribution in [0, 0.1) is 0 Å². The van der Waals surface area contributed by atoms with Gasteiger partial charge in [-0.15, -0.1) is 11.3 Å². The van der Waals surface area contributed by atoms with Crippen molar-refractivity contribution < 1.29 is 4.79 Å². The highest BCUT2D eigenvalue weighted by Crippen LogP contribution is 2.35. The van der Waals surface area contributed by atoms with E-state index in [1.165, 1.54) is 11.3 Å². The number of hydrogen-bond donors (Lipinski definition) is 1. The van der Waals surface area contributed by atoms with Gasteiger partial charge in [0.25, 0.3) is 5.91 Å². The Morgan fingerprint density at radius 3 is 2.32 bits per heavy atom. The number of rotatable bonds is 6. The molecule has 0 aliphatic rings. The highest BCUT2D eigenvalue weighted by molar-refractivity contribution is 9.10. The molecule has 1 aromatic carbocycles. The van der Waals surface area contributed by atoms with Crippen LogP contribution in [0.15, 0.2) is 34.1 Å². The van der Waals surface area contributed by atoms with Gasteiger partial charge in [-0.25, -0.2) is 0 Å². The van der Waals surface area contributed by atoms with Gasteiger partial charge in [0.2, 0.25) is 0 Å². The largest absolute Gasteiger partial charge is 0.390 e. The molecule has 0 spiro atoms. The van der Waals surface area contributed by atoms with Crippen molar-refractivity contribution in [3.8, 4) is 11.1 Å². The van der Waals surface area contributed by atoms with Gasteiger partial charge in [-0.3, -0.25) is 4.79 Å². The van der Waals surface area contributed by atoms with Crippen LogP contribution in [0.25, 0.3) is 11.1 Å². The monoisotopic (exact) mass is 380 g/mol. The summed E-state index contributed by atoms with van der Waals surface area (Å²) in [6, 6.07) is 7.97. The van der Waals surface area contributed by atoms with E-state index in [0.29, 0.717) is 10.6 Å². The lowest BCUT2D eigenvalue weighted by Gasteiger charge is -2.22. The number of nitrogens with zero attached hydrogens (tertiary/aromatic N) is 1. The van der Waals surface area contributed by atoms with Crippen LogP contribution >= 0.6 is 27.3 Å². The molecule has 1 aromatic heterocycles. The van der Waals surface area contributed by atoms with Gasteiger partial charge >= 0.3 is 0 Å². The summed E-state index contributed by atoms with van der Waals surface area (Å²) in [5, 5.41) is 2.57. The third-order valence-corrected chi connectivity index (χ3v) is 4.80. The number of anilines is 1. The normalized spacial score (nSPS) is 10.7. The number of benzene rings is 1. The van der Waals surface area contributed by atoms with Gasteiger partial charge in [-0.2, -0.15) is 0 Å². The Kier molecular flexibility index (Phi) is 6.03. The minimum atomic E-state index is 0.0420. The third-order valence-electron chi connectivity index (χ3n) is 3.46. The highest BCUT2D eigenvalue weighted by atomic mass is 79.9. The van der Waals surface area contributed by atoms with E-state index in [-0.39, 0.29) is 5.91 Å². The van der Waals surface area contributed by atoms with Crippen molar-refractivity contribution >= 4 is 38.2 Å². The molecule has 1 heterocycles. The van der Waals surface area contributed by atoms with Crippen LogP contribution < -0.4 is 5.73 Å². The SMILES string of the molecule is CCCN(CCC)C(=O)c1c(-c2ccc(Br)cc2)csc1N. The van der Waals surface area contributed by atoms with Crippen molar-refractivity contribution in [3.63, 3.8) is 0 Å². The minimum Gasteiger partial charge on any atom is -0.390 e. The van der Waals surface area contributed by atoms with E-state index in [9.17, 15) is 4.79 Å². The molecule has 2 aromatic rings. The summed E-state index contributed by atoms with van der Waals surface area (Å²) in [7, 11) is 0. The molecule has 0 aliphatic heterocycles. The molecule has 0 aliphatic carbocycles. The number of carbonyl (C=O) groups excluding carboxylic acids is 1. The molecule has 0 saturated heterocycles. The first-order chi connectivity index (χ1) is 10.6. The van der Waals surface area contributed by atoms with Gasteiger partial charge < -0.3 is 10.6 Å². The molecular formula is C17H21BrN2OS. The fraction of sp³-hybridized carbons (Fsp3) is 0.353. The van der Waals surface area contributed by atoms with Gasteiger partial charge in [-0.1, -0.05) is 41.9 Å². The zero-order chi connectivity index (χ0) is 16.1. The van der Waals surface area contributed by atoms with Crippen molar-refractivity contribution in [1.29, 1.82) is 0 Å². The highest BCUT2D eigenvalue weighted by Gasteiger charge is 2.23. The number of nitrogens with two attached hydrogens (primary N) is 1. The van der Waals surface area contributed by atoms with Gasteiger partial charge in [0, 0.05) is 28.5 Å². The maximum atomic E-state index is 12.9. The Hall–Kier alpha value is -1.33. The molecule has 1 amide bonds. The fourth-order valence-corrected chi connectivity index (χ4v) is 3.53. The zero-order valence-corrected chi connectivity index (χ0v) is 15.3. The summed E-state index contributed by atoms with van der Waals surface area (Å²) < 4.78 is 1.02. The molecular weight excluding hydrogens is 360 g/mol. The van der Waals surface area contributed by atoms with Gasteiger partial charge in [-0.05, 0) is 30.5 Å². The second-order valence-corrected chi connectivity index (χ2v) is 7.01. The first kappa shape index (κ1) is 17.0. The van der Waals surface area contributed by atoms with E-state index < -0.39 is 0 Å². The summed E-state index contributed by atoms with van der Waals surface area (Å²) in [5.74, 6) is 0.0420. The molecule has 2 N–H and O–H groups in total. The molecule has 5 heteroatoms. The predicted molar refractivity (Wildman–Crippen MR) is 98.4 cm³/mol. The lowest BCUT2D eigenvalue weighted by Crippen LogP contribution is -2.33. The van der Waals surface area contributed by atoms with E-state index >= 15 is 0 Å². The fourth-order valence-electron chi connectivity index (χ4n) is 2.45. The average Bonchev–Trinajstić information content (AvgIpc) is 2.89. The standard InChI is InChI=1S/C17H21BrN2OS/c1-3-9-20(10-4-2)17(21)15-14(11-22-16(15)19)12-5-7-13(18)8-6-12/h5-8,11H,3-4,9-10,19H2,1-2H3. The van der Waals surface area contributed by atoms with E-state index in [2.05, 4.69) is 29.8 Å². The van der Waals surface area contributed by atoms with Crippen molar-refractivity contribution in [2.75, 3.05) is 18.8 Å². The number of nitrogen functional groups attached to an aromatic ring is 1. The Bertz CT molecular complexity index is 631. The van der Waals surface area contributed by atoms with Crippen molar-refractivity contribution in [1.82, 2.24) is 4.90 Å². The second-order valence-electron chi connectivity index (χ2n) is 5.19. The molecule has 0 atom stereocenters. The molecule has 0 unspecified atom stereocenters. The Balaban J connectivity index is 2.40. The quantitative estimate of drug-likeness (QED) is 0.764. The summed E-state index contributed by atoms with van der Waals surface area (Å²) in [6.07, 6.45) is 1.90. The van der Waals surface area contributed by atoms with Crippen LogP contribution in [0.2, 0.25) is 0 Å². The third kappa shape index (κ3) is 3.70. The molecule has 0 saturated carbocycles. The number of hydrogen-bond acceptors (Lipinski definition) is 3. The van der Waals surface area contributed by atoms with E-state index in [1.54, 1.807) is 0 Å². The molecule has 118 valence electrons. The van der Waals surface area contributed by atoms with Gasteiger partial charge in [0.1, 0.15) is 0 Å². The van der Waals surface area contributed by atoms with Crippen LogP contribution in [-0.2, 0) is 0 Å².